The lowest BCUT2D eigenvalue weighted by Crippen LogP contribution is -2.44. The number of hydrogen-bond donors (Lipinski definition) is 2. The molecule has 9 heteroatoms. The Morgan fingerprint density at radius 1 is 1.12 bits per heavy atom. The molecule has 9 nitrogen and oxygen atoms in total. The van der Waals surface area contributed by atoms with Gasteiger partial charge in [0.1, 0.15) is 6.04 Å². The number of piperidine rings is 2. The normalized spacial score (nSPS) is 20.1. The third-order valence-electron chi connectivity index (χ3n) is 6.90. The summed E-state index contributed by atoms with van der Waals surface area (Å²) in [5, 5.41) is 2.34. The van der Waals surface area contributed by atoms with E-state index in [-0.39, 0.29) is 30.5 Å². The predicted octanol–water partition coefficient (Wildman–Crippen LogP) is 0.838. The summed E-state index contributed by atoms with van der Waals surface area (Å²) in [5.41, 5.74) is 7.87. The molecule has 2 aromatic rings. The van der Waals surface area contributed by atoms with Gasteiger partial charge in [-0.25, -0.2) is 4.79 Å². The van der Waals surface area contributed by atoms with Crippen molar-refractivity contribution in [1.82, 2.24) is 19.4 Å². The second-order valence-corrected chi connectivity index (χ2v) is 8.92. The molecule has 2 aliphatic rings. The van der Waals surface area contributed by atoms with Crippen molar-refractivity contribution in [3.8, 4) is 0 Å². The fourth-order valence-corrected chi connectivity index (χ4v) is 4.99. The molecule has 1 atom stereocenters. The van der Waals surface area contributed by atoms with Crippen LogP contribution in [-0.2, 0) is 27.9 Å². The van der Waals surface area contributed by atoms with E-state index in [4.69, 9.17) is 5.73 Å². The van der Waals surface area contributed by atoms with Gasteiger partial charge in [-0.2, -0.15) is 0 Å². The van der Waals surface area contributed by atoms with Crippen LogP contribution in [-0.4, -0.2) is 51.4 Å². The molecule has 2 aliphatic heterocycles. The van der Waals surface area contributed by atoms with Gasteiger partial charge in [0, 0.05) is 26.6 Å². The van der Waals surface area contributed by atoms with Gasteiger partial charge in [-0.1, -0.05) is 6.07 Å². The Morgan fingerprint density at radius 2 is 1.88 bits per heavy atom. The van der Waals surface area contributed by atoms with E-state index in [1.165, 1.54) is 4.57 Å². The van der Waals surface area contributed by atoms with Gasteiger partial charge in [-0.15, -0.1) is 0 Å². The molecule has 1 aromatic heterocycles. The molecular formula is C23H31N5O4. The van der Waals surface area contributed by atoms with Crippen LogP contribution in [0, 0.1) is 5.92 Å². The lowest BCUT2D eigenvalue weighted by molar-refractivity contribution is -0.136. The van der Waals surface area contributed by atoms with Gasteiger partial charge in [0.2, 0.25) is 17.7 Å². The van der Waals surface area contributed by atoms with Gasteiger partial charge >= 0.3 is 5.69 Å². The van der Waals surface area contributed by atoms with Crippen LogP contribution in [0.3, 0.4) is 0 Å². The number of fused-ring (bicyclic) bond motifs is 1. The molecule has 0 aliphatic carbocycles. The summed E-state index contributed by atoms with van der Waals surface area (Å²) in [7, 11) is 1.72. The van der Waals surface area contributed by atoms with Gasteiger partial charge < -0.3 is 10.6 Å². The SMILES string of the molecule is Cn1c(=O)n(C2CCC(=O)NC2=O)c2ccc(CCCC3CCN(C(=O)CN)CC3)cc21. The van der Waals surface area contributed by atoms with Crippen LogP contribution < -0.4 is 16.7 Å². The number of hydrogen-bond acceptors (Lipinski definition) is 5. The van der Waals surface area contributed by atoms with E-state index in [0.717, 1.165) is 56.3 Å². The minimum absolute atomic E-state index is 0.0339. The Bertz CT molecular complexity index is 1090. The fraction of sp³-hybridized carbons (Fsp3) is 0.565. The van der Waals surface area contributed by atoms with Crippen molar-refractivity contribution in [2.24, 2.45) is 18.7 Å². The molecule has 0 saturated carbocycles. The van der Waals surface area contributed by atoms with Crippen molar-refractivity contribution in [2.75, 3.05) is 19.6 Å². The molecule has 1 aromatic carbocycles. The molecule has 2 fully saturated rings. The third kappa shape index (κ3) is 4.34. The molecule has 0 bridgehead atoms. The number of nitrogens with one attached hydrogen (secondary N) is 1. The molecule has 32 heavy (non-hydrogen) atoms. The number of carbonyl (C=O) groups is 3. The van der Waals surface area contributed by atoms with E-state index in [0.29, 0.717) is 17.9 Å². The zero-order chi connectivity index (χ0) is 22.8. The topological polar surface area (TPSA) is 119 Å². The highest BCUT2D eigenvalue weighted by molar-refractivity contribution is 6.00. The number of imide groups is 1. The summed E-state index contributed by atoms with van der Waals surface area (Å²) in [5.74, 6) is -0.0530. The zero-order valence-electron chi connectivity index (χ0n) is 18.5. The minimum Gasteiger partial charge on any atom is -0.342 e. The number of rotatable bonds is 6. The van der Waals surface area contributed by atoms with Crippen LogP contribution in [0.5, 0.6) is 0 Å². The summed E-state index contributed by atoms with van der Waals surface area (Å²) in [6.07, 6.45) is 5.68. The van der Waals surface area contributed by atoms with E-state index in [1.54, 1.807) is 11.6 Å². The summed E-state index contributed by atoms with van der Waals surface area (Å²) in [4.78, 5) is 50.2. The van der Waals surface area contributed by atoms with E-state index in [9.17, 15) is 19.2 Å². The molecule has 2 saturated heterocycles. The van der Waals surface area contributed by atoms with Crippen molar-refractivity contribution in [3.63, 3.8) is 0 Å². The maximum Gasteiger partial charge on any atom is 0.329 e. The maximum atomic E-state index is 12.9. The quantitative estimate of drug-likeness (QED) is 0.644. The number of likely N-dealkylation sites (tertiary alicyclic amines) is 1. The molecule has 0 spiro atoms. The van der Waals surface area contributed by atoms with Crippen molar-refractivity contribution < 1.29 is 14.4 Å². The number of aryl methyl sites for hydroxylation is 2. The van der Waals surface area contributed by atoms with Crippen molar-refractivity contribution in [1.29, 1.82) is 0 Å². The van der Waals surface area contributed by atoms with Crippen LogP contribution in [0.25, 0.3) is 11.0 Å². The number of nitrogens with two attached hydrogens (primary N) is 1. The van der Waals surface area contributed by atoms with Crippen LogP contribution >= 0.6 is 0 Å². The third-order valence-corrected chi connectivity index (χ3v) is 6.90. The minimum atomic E-state index is -0.660. The number of amides is 3. The zero-order valence-corrected chi connectivity index (χ0v) is 18.5. The van der Waals surface area contributed by atoms with E-state index < -0.39 is 11.9 Å². The Labute approximate surface area is 186 Å². The van der Waals surface area contributed by atoms with Crippen LogP contribution in [0.1, 0.15) is 50.1 Å². The first-order valence-electron chi connectivity index (χ1n) is 11.4. The molecular weight excluding hydrogens is 410 g/mol. The largest absolute Gasteiger partial charge is 0.342 e. The molecule has 3 amide bonds. The molecule has 172 valence electrons. The van der Waals surface area contributed by atoms with Crippen molar-refractivity contribution in [2.45, 2.75) is 51.0 Å². The molecule has 0 radical (unpaired) electrons. The van der Waals surface area contributed by atoms with E-state index in [1.807, 2.05) is 23.1 Å². The average molecular weight is 442 g/mol. The standard InChI is InChI=1S/C23H31N5O4/c1-26-19-13-16(4-2-3-15-9-11-27(12-10-15)21(30)14-24)5-6-17(19)28(23(26)32)18-7-8-20(29)25-22(18)31/h5-6,13,15,18H,2-4,7-12,14,24H2,1H3,(H,25,29,31). The van der Waals surface area contributed by atoms with Crippen LogP contribution in [0.2, 0.25) is 0 Å². The number of aromatic nitrogens is 2. The monoisotopic (exact) mass is 441 g/mol. The second kappa shape index (κ2) is 9.28. The summed E-state index contributed by atoms with van der Waals surface area (Å²) in [6, 6.07) is 5.30. The summed E-state index contributed by atoms with van der Waals surface area (Å²) < 4.78 is 3.09. The number of imidazole rings is 1. The van der Waals surface area contributed by atoms with Crippen LogP contribution in [0.15, 0.2) is 23.0 Å². The van der Waals surface area contributed by atoms with Gasteiger partial charge in [-0.3, -0.25) is 28.8 Å². The first-order chi connectivity index (χ1) is 15.4. The number of benzene rings is 1. The smallest absolute Gasteiger partial charge is 0.329 e. The van der Waals surface area contributed by atoms with E-state index in [2.05, 4.69) is 5.32 Å². The number of carbonyl (C=O) groups excluding carboxylic acids is 3. The summed E-state index contributed by atoms with van der Waals surface area (Å²) >= 11 is 0. The molecule has 1 unspecified atom stereocenters. The Morgan fingerprint density at radius 3 is 2.56 bits per heavy atom. The molecule has 3 heterocycles. The lowest BCUT2D eigenvalue weighted by Gasteiger charge is -2.31. The van der Waals surface area contributed by atoms with Crippen molar-refractivity contribution in [3.05, 3.63) is 34.2 Å². The Kier molecular flexibility index (Phi) is 6.45. The lowest BCUT2D eigenvalue weighted by atomic mass is 9.90. The molecule has 3 N–H and O–H groups in total. The van der Waals surface area contributed by atoms with Gasteiger partial charge in [0.05, 0.1) is 17.6 Å². The van der Waals surface area contributed by atoms with Gasteiger partial charge in [0.15, 0.2) is 0 Å². The van der Waals surface area contributed by atoms with Crippen LogP contribution in [0.4, 0.5) is 0 Å². The first kappa shape index (κ1) is 22.3. The predicted molar refractivity (Wildman–Crippen MR) is 120 cm³/mol. The molecule has 4 rings (SSSR count). The van der Waals surface area contributed by atoms with Gasteiger partial charge in [0.25, 0.3) is 0 Å². The highest BCUT2D eigenvalue weighted by Crippen LogP contribution is 2.26. The van der Waals surface area contributed by atoms with Gasteiger partial charge in [-0.05, 0) is 62.1 Å². The highest BCUT2D eigenvalue weighted by Gasteiger charge is 2.31. The first-order valence-corrected chi connectivity index (χ1v) is 11.4. The number of nitrogens with zero attached hydrogens (tertiary/aromatic N) is 3. The summed E-state index contributed by atoms with van der Waals surface area (Å²) in [6.45, 7) is 1.67. The van der Waals surface area contributed by atoms with Crippen molar-refractivity contribution >= 4 is 28.8 Å². The average Bonchev–Trinajstić information content (AvgIpc) is 3.04. The Balaban J connectivity index is 1.41. The highest BCUT2D eigenvalue weighted by atomic mass is 16.2. The second-order valence-electron chi connectivity index (χ2n) is 8.92. The fourth-order valence-electron chi connectivity index (χ4n) is 4.99. The maximum absolute atomic E-state index is 12.9. The Hall–Kier alpha value is -2.94. The van der Waals surface area contributed by atoms with E-state index >= 15 is 0 Å².